The topological polar surface area (TPSA) is 52.6 Å². The Morgan fingerprint density at radius 2 is 1.78 bits per heavy atom. The highest BCUT2D eigenvalue weighted by atomic mass is 16.6. The van der Waals surface area contributed by atoms with Crippen molar-refractivity contribution in [2.45, 2.75) is 106 Å². The molecule has 0 heterocycles. The number of esters is 2. The Morgan fingerprint density at radius 3 is 2.22 bits per heavy atom. The quantitative estimate of drug-likeness (QED) is 0.520. The largest absolute Gasteiger partial charge is 0.462 e. The molecule has 2 bridgehead atoms. The zero-order chi connectivity index (χ0) is 20.6. The Morgan fingerprint density at radius 1 is 1.15 bits per heavy atom. The molecule has 4 nitrogen and oxygen atoms in total. The number of carbonyl (C=O) groups is 2. The Kier molecular flexibility index (Phi) is 6.38. The molecule has 0 aliphatic heterocycles. The molecule has 4 heteroatoms. The van der Waals surface area contributed by atoms with Gasteiger partial charge in [-0.05, 0) is 63.7 Å². The highest BCUT2D eigenvalue weighted by Crippen LogP contribution is 2.66. The summed E-state index contributed by atoms with van der Waals surface area (Å²) in [6, 6.07) is 0. The number of rotatable bonds is 8. The molecule has 5 atom stereocenters. The summed E-state index contributed by atoms with van der Waals surface area (Å²) in [5.41, 5.74) is -0.165. The third-order valence-corrected chi connectivity index (χ3v) is 8.07. The van der Waals surface area contributed by atoms with Crippen molar-refractivity contribution >= 4 is 11.9 Å². The third-order valence-electron chi connectivity index (χ3n) is 8.07. The highest BCUT2D eigenvalue weighted by molar-refractivity contribution is 5.76. The van der Waals surface area contributed by atoms with Gasteiger partial charge in [-0.1, -0.05) is 41.5 Å². The van der Waals surface area contributed by atoms with Crippen molar-refractivity contribution in [3.8, 4) is 0 Å². The molecule has 0 N–H and O–H groups in total. The van der Waals surface area contributed by atoms with Crippen LogP contribution in [0.25, 0.3) is 0 Å². The van der Waals surface area contributed by atoms with Crippen LogP contribution in [0.2, 0.25) is 0 Å². The predicted octanol–water partition coefficient (Wildman–Crippen LogP) is 5.53. The van der Waals surface area contributed by atoms with Gasteiger partial charge in [-0.15, -0.1) is 0 Å². The van der Waals surface area contributed by atoms with E-state index in [-0.39, 0.29) is 40.7 Å². The van der Waals surface area contributed by atoms with E-state index in [1.165, 1.54) is 6.42 Å². The molecule has 2 saturated carbocycles. The normalized spacial score (nSPS) is 31.4. The molecule has 2 fully saturated rings. The molecule has 0 spiro atoms. The van der Waals surface area contributed by atoms with E-state index >= 15 is 0 Å². The summed E-state index contributed by atoms with van der Waals surface area (Å²) in [6.45, 7) is 16.6. The summed E-state index contributed by atoms with van der Waals surface area (Å²) in [4.78, 5) is 25.3. The van der Waals surface area contributed by atoms with Gasteiger partial charge in [0.15, 0.2) is 0 Å². The molecule has 27 heavy (non-hydrogen) atoms. The van der Waals surface area contributed by atoms with E-state index in [1.807, 2.05) is 34.6 Å². The minimum absolute atomic E-state index is 0.00672. The summed E-state index contributed by atoms with van der Waals surface area (Å²) in [5.74, 6) is -0.267. The fraction of sp³-hybridized carbons (Fsp3) is 0.913. The Labute approximate surface area is 165 Å². The molecule has 0 aromatic carbocycles. The first-order valence-corrected chi connectivity index (χ1v) is 10.8. The van der Waals surface area contributed by atoms with Gasteiger partial charge in [0, 0.05) is 5.41 Å². The van der Waals surface area contributed by atoms with Crippen LogP contribution in [0, 0.1) is 28.6 Å². The lowest BCUT2D eigenvalue weighted by Gasteiger charge is -2.38. The van der Waals surface area contributed by atoms with Crippen LogP contribution < -0.4 is 0 Å². The maximum atomic E-state index is 12.8. The van der Waals surface area contributed by atoms with Crippen LogP contribution in [-0.2, 0) is 19.1 Å². The zero-order valence-corrected chi connectivity index (χ0v) is 18.7. The molecule has 2 aliphatic rings. The average molecular weight is 381 g/mol. The van der Waals surface area contributed by atoms with Crippen molar-refractivity contribution in [1.82, 2.24) is 0 Å². The van der Waals surface area contributed by atoms with Crippen LogP contribution in [0.4, 0.5) is 0 Å². The lowest BCUT2D eigenvalue weighted by Crippen LogP contribution is -2.39. The van der Waals surface area contributed by atoms with Crippen molar-refractivity contribution in [2.75, 3.05) is 0 Å². The number of ether oxygens (including phenoxy) is 2. The van der Waals surface area contributed by atoms with Crippen LogP contribution in [-0.4, -0.2) is 23.6 Å². The maximum Gasteiger partial charge on any atom is 0.309 e. The number of fused-ring (bicyclic) bond motifs is 2. The van der Waals surface area contributed by atoms with E-state index in [1.54, 1.807) is 0 Å². The summed E-state index contributed by atoms with van der Waals surface area (Å²) in [7, 11) is 0. The second kappa shape index (κ2) is 7.75. The number of hydrogen-bond donors (Lipinski definition) is 0. The van der Waals surface area contributed by atoms with Crippen molar-refractivity contribution in [3.05, 3.63) is 0 Å². The van der Waals surface area contributed by atoms with Crippen LogP contribution in [0.3, 0.4) is 0 Å². The maximum absolute atomic E-state index is 12.8. The molecule has 156 valence electrons. The van der Waals surface area contributed by atoms with E-state index in [9.17, 15) is 9.59 Å². The van der Waals surface area contributed by atoms with E-state index in [2.05, 4.69) is 20.8 Å². The Balaban J connectivity index is 1.94. The molecule has 0 radical (unpaired) electrons. The van der Waals surface area contributed by atoms with Crippen LogP contribution >= 0.6 is 0 Å². The fourth-order valence-electron chi connectivity index (χ4n) is 4.95. The summed E-state index contributed by atoms with van der Waals surface area (Å²) < 4.78 is 11.6. The molecule has 0 saturated heterocycles. The molecule has 0 amide bonds. The van der Waals surface area contributed by atoms with Crippen LogP contribution in [0.5, 0.6) is 0 Å². The zero-order valence-electron chi connectivity index (χ0n) is 18.7. The van der Waals surface area contributed by atoms with E-state index in [0.717, 1.165) is 19.3 Å². The van der Waals surface area contributed by atoms with Crippen molar-refractivity contribution in [3.63, 3.8) is 0 Å². The smallest absolute Gasteiger partial charge is 0.309 e. The molecule has 5 unspecified atom stereocenters. The molecule has 0 aromatic heterocycles. The second-order valence-corrected chi connectivity index (χ2v) is 10.3. The van der Waals surface area contributed by atoms with Crippen molar-refractivity contribution < 1.29 is 19.1 Å². The van der Waals surface area contributed by atoms with Gasteiger partial charge in [0.25, 0.3) is 0 Å². The first-order valence-electron chi connectivity index (χ1n) is 10.8. The molecule has 2 aliphatic carbocycles. The van der Waals surface area contributed by atoms with Crippen LogP contribution in [0.15, 0.2) is 0 Å². The summed E-state index contributed by atoms with van der Waals surface area (Å²) in [6.07, 6.45) is 5.29. The SMILES string of the molecule is CCC(CC(C)C(=O)OC1CC2CCC1(C)C2(C)C)C(=O)OC(C)(C)CC. The fourth-order valence-corrected chi connectivity index (χ4v) is 4.95. The average Bonchev–Trinajstić information content (AvgIpc) is 2.92. The first-order chi connectivity index (χ1) is 12.4. The van der Waals surface area contributed by atoms with Gasteiger partial charge in [-0.3, -0.25) is 9.59 Å². The summed E-state index contributed by atoms with van der Waals surface area (Å²) >= 11 is 0. The van der Waals surface area contributed by atoms with E-state index in [0.29, 0.717) is 18.8 Å². The molecule has 2 rings (SSSR count). The van der Waals surface area contributed by atoms with Gasteiger partial charge < -0.3 is 9.47 Å². The molecular formula is C23H40O4. The standard InChI is InChI=1S/C23H40O4/c1-9-16(20(25)27-21(4,5)10-2)13-15(3)19(24)26-18-14-17-11-12-23(18,8)22(17,6)7/h15-18H,9-14H2,1-8H3. The second-order valence-electron chi connectivity index (χ2n) is 10.3. The van der Waals surface area contributed by atoms with Crippen LogP contribution in [0.1, 0.15) is 93.9 Å². The Hall–Kier alpha value is -1.06. The van der Waals surface area contributed by atoms with Crippen molar-refractivity contribution in [2.24, 2.45) is 28.6 Å². The lowest BCUT2D eigenvalue weighted by molar-refractivity contribution is -0.166. The van der Waals surface area contributed by atoms with E-state index in [4.69, 9.17) is 9.47 Å². The number of hydrogen-bond acceptors (Lipinski definition) is 4. The molecular weight excluding hydrogens is 340 g/mol. The lowest BCUT2D eigenvalue weighted by atomic mass is 9.70. The minimum Gasteiger partial charge on any atom is -0.462 e. The van der Waals surface area contributed by atoms with E-state index < -0.39 is 5.60 Å². The van der Waals surface area contributed by atoms with Gasteiger partial charge in [-0.2, -0.15) is 0 Å². The first kappa shape index (κ1) is 22.2. The van der Waals surface area contributed by atoms with Gasteiger partial charge in [0.1, 0.15) is 11.7 Å². The van der Waals surface area contributed by atoms with Gasteiger partial charge in [0.2, 0.25) is 0 Å². The Bertz CT molecular complexity index is 565. The van der Waals surface area contributed by atoms with Gasteiger partial charge in [-0.25, -0.2) is 0 Å². The highest BCUT2D eigenvalue weighted by Gasteiger charge is 2.62. The molecule has 0 aromatic rings. The summed E-state index contributed by atoms with van der Waals surface area (Å²) in [5, 5.41) is 0. The predicted molar refractivity (Wildman–Crippen MR) is 107 cm³/mol. The monoisotopic (exact) mass is 380 g/mol. The van der Waals surface area contributed by atoms with Gasteiger partial charge in [0.05, 0.1) is 11.8 Å². The van der Waals surface area contributed by atoms with Crippen molar-refractivity contribution in [1.29, 1.82) is 0 Å². The minimum atomic E-state index is -0.461. The van der Waals surface area contributed by atoms with Gasteiger partial charge >= 0.3 is 11.9 Å². The number of carbonyl (C=O) groups excluding carboxylic acids is 2. The third kappa shape index (κ3) is 4.19.